The van der Waals surface area contributed by atoms with E-state index in [1.165, 1.54) is 47.8 Å². The number of rotatable bonds is 7. The molecule has 276 valence electrons. The van der Waals surface area contributed by atoms with Crippen molar-refractivity contribution in [2.24, 2.45) is 0 Å². The maximum absolute atomic E-state index is 5.51. The smallest absolute Gasteiger partial charge is 0.160 e. The molecule has 11 aromatic rings. The van der Waals surface area contributed by atoms with Crippen LogP contribution in [0.1, 0.15) is 0 Å². The molecule has 4 heteroatoms. The monoisotopic (exact) mass is 769 g/mol. The van der Waals surface area contributed by atoms with Gasteiger partial charge in [0.05, 0.1) is 27.3 Å². The number of pyridine rings is 1. The van der Waals surface area contributed by atoms with Crippen LogP contribution in [-0.4, -0.2) is 15.0 Å². The fourth-order valence-electron chi connectivity index (χ4n) is 8.23. The third kappa shape index (κ3) is 6.46. The Bertz CT molecular complexity index is 3260. The second-order valence-corrected chi connectivity index (χ2v) is 15.8. The van der Waals surface area contributed by atoms with Gasteiger partial charge in [-0.1, -0.05) is 176 Å². The Morgan fingerprint density at radius 2 is 0.831 bits per heavy atom. The summed E-state index contributed by atoms with van der Waals surface area (Å²) in [6.07, 6.45) is 0. The minimum absolute atomic E-state index is 0.705. The molecule has 0 radical (unpaired) electrons. The predicted octanol–water partition coefficient (Wildman–Crippen LogP) is 15.1. The second kappa shape index (κ2) is 14.8. The molecule has 0 aliphatic carbocycles. The van der Waals surface area contributed by atoms with Crippen molar-refractivity contribution < 1.29 is 0 Å². The molecule has 0 spiro atoms. The Kier molecular flexibility index (Phi) is 8.68. The van der Waals surface area contributed by atoms with Gasteiger partial charge in [0.2, 0.25) is 0 Å². The fourth-order valence-corrected chi connectivity index (χ4v) is 9.45. The van der Waals surface area contributed by atoms with Gasteiger partial charge in [-0.15, -0.1) is 11.3 Å². The topological polar surface area (TPSA) is 38.7 Å². The number of benzene rings is 8. The van der Waals surface area contributed by atoms with Gasteiger partial charge in [0.25, 0.3) is 0 Å². The minimum Gasteiger partial charge on any atom is -0.246 e. The lowest BCUT2D eigenvalue weighted by atomic mass is 9.93. The molecule has 0 atom stereocenters. The molecule has 8 aromatic carbocycles. The summed E-state index contributed by atoms with van der Waals surface area (Å²) in [6.45, 7) is 0. The SMILES string of the molecule is c1ccc(-c2cccc(-c3cccc4nc(-c5cccc(-c6cccc(-c7cc(-c8ccccc8)nc(-c8ccccc8)n7)c6)c5)c5sc6ccccc6c5c34)c2)cc1. The summed E-state index contributed by atoms with van der Waals surface area (Å²) in [7, 11) is 0. The van der Waals surface area contributed by atoms with Crippen molar-refractivity contribution >= 4 is 42.4 Å². The van der Waals surface area contributed by atoms with Crippen molar-refractivity contribution in [3.8, 4) is 78.5 Å². The number of aromatic nitrogens is 3. The number of hydrogen-bond acceptors (Lipinski definition) is 4. The molecule has 0 amide bonds. The largest absolute Gasteiger partial charge is 0.246 e. The van der Waals surface area contributed by atoms with E-state index in [9.17, 15) is 0 Å². The highest BCUT2D eigenvalue weighted by atomic mass is 32.1. The van der Waals surface area contributed by atoms with Gasteiger partial charge in [-0.2, -0.15) is 0 Å². The van der Waals surface area contributed by atoms with Gasteiger partial charge in [-0.3, -0.25) is 0 Å². The van der Waals surface area contributed by atoms with Crippen LogP contribution in [0.4, 0.5) is 0 Å². The molecular weight excluding hydrogens is 735 g/mol. The van der Waals surface area contributed by atoms with E-state index < -0.39 is 0 Å². The first-order chi connectivity index (χ1) is 29.2. The summed E-state index contributed by atoms with van der Waals surface area (Å²) in [4.78, 5) is 15.6. The first-order valence-electron chi connectivity index (χ1n) is 19.8. The Morgan fingerprint density at radius 3 is 1.56 bits per heavy atom. The summed E-state index contributed by atoms with van der Waals surface area (Å²) in [5.74, 6) is 0.705. The lowest BCUT2D eigenvalue weighted by Gasteiger charge is -2.14. The van der Waals surface area contributed by atoms with Crippen molar-refractivity contribution in [3.63, 3.8) is 0 Å². The van der Waals surface area contributed by atoms with Crippen LogP contribution in [0.3, 0.4) is 0 Å². The van der Waals surface area contributed by atoms with Crippen molar-refractivity contribution in [3.05, 3.63) is 212 Å². The molecule has 0 unspecified atom stereocenters. The van der Waals surface area contributed by atoms with Crippen molar-refractivity contribution in [1.82, 2.24) is 15.0 Å². The highest BCUT2D eigenvalue weighted by molar-refractivity contribution is 7.26. The molecule has 0 aliphatic heterocycles. The zero-order valence-electron chi connectivity index (χ0n) is 32.0. The van der Waals surface area contributed by atoms with Crippen LogP contribution in [0.25, 0.3) is 110 Å². The van der Waals surface area contributed by atoms with Gasteiger partial charge in [-0.25, -0.2) is 15.0 Å². The van der Waals surface area contributed by atoms with Crippen LogP contribution < -0.4 is 0 Å². The van der Waals surface area contributed by atoms with E-state index in [1.54, 1.807) is 0 Å². The Morgan fingerprint density at radius 1 is 0.322 bits per heavy atom. The van der Waals surface area contributed by atoms with Gasteiger partial charge < -0.3 is 0 Å². The van der Waals surface area contributed by atoms with E-state index in [4.69, 9.17) is 15.0 Å². The van der Waals surface area contributed by atoms with E-state index >= 15 is 0 Å². The maximum Gasteiger partial charge on any atom is 0.160 e. The van der Waals surface area contributed by atoms with Crippen LogP contribution >= 0.6 is 11.3 Å². The number of hydrogen-bond donors (Lipinski definition) is 0. The van der Waals surface area contributed by atoms with Gasteiger partial charge in [0, 0.05) is 43.1 Å². The van der Waals surface area contributed by atoms with Gasteiger partial charge in [0.1, 0.15) is 0 Å². The van der Waals surface area contributed by atoms with Crippen molar-refractivity contribution in [2.75, 3.05) is 0 Å². The summed E-state index contributed by atoms with van der Waals surface area (Å²) < 4.78 is 2.45. The maximum atomic E-state index is 5.51. The Labute approximate surface area is 346 Å². The number of thiophene rings is 1. The standard InChI is InChI=1S/C55H35N3S/c1-4-16-36(17-5-1)39-22-12-25-42(32-39)45-29-15-30-47-51(45)52-46-28-10-11-31-50(46)59-54(52)53(56-47)44-27-14-24-41(34-44)40-23-13-26-43(33-40)49-35-48(37-18-6-2-7-19-37)57-55(58-49)38-20-8-3-9-21-38/h1-35H. The molecular formula is C55H35N3S. The zero-order chi connectivity index (χ0) is 39.1. The molecule has 0 N–H and O–H groups in total. The summed E-state index contributed by atoms with van der Waals surface area (Å²) >= 11 is 1.83. The molecule has 0 saturated carbocycles. The predicted molar refractivity (Wildman–Crippen MR) is 248 cm³/mol. The van der Waals surface area contributed by atoms with E-state index in [1.807, 2.05) is 47.7 Å². The number of fused-ring (bicyclic) bond motifs is 5. The minimum atomic E-state index is 0.705. The molecule has 0 aliphatic rings. The quantitative estimate of drug-likeness (QED) is 0.162. The number of nitrogens with zero attached hydrogens (tertiary/aromatic N) is 3. The molecule has 3 nitrogen and oxygen atoms in total. The Balaban J connectivity index is 1.04. The lowest BCUT2D eigenvalue weighted by molar-refractivity contribution is 1.18. The third-order valence-electron chi connectivity index (χ3n) is 11.1. The summed E-state index contributed by atoms with van der Waals surface area (Å²) in [5, 5.41) is 3.70. The highest BCUT2D eigenvalue weighted by Gasteiger charge is 2.20. The van der Waals surface area contributed by atoms with E-state index in [0.717, 1.165) is 56.0 Å². The average molecular weight is 770 g/mol. The Hall–Kier alpha value is -7.53. The van der Waals surface area contributed by atoms with Crippen LogP contribution in [0.5, 0.6) is 0 Å². The highest BCUT2D eigenvalue weighted by Crippen LogP contribution is 2.46. The van der Waals surface area contributed by atoms with Crippen molar-refractivity contribution in [1.29, 1.82) is 0 Å². The van der Waals surface area contributed by atoms with Crippen LogP contribution in [0.15, 0.2) is 212 Å². The van der Waals surface area contributed by atoms with E-state index in [0.29, 0.717) is 5.82 Å². The van der Waals surface area contributed by atoms with Gasteiger partial charge in [0.15, 0.2) is 5.82 Å². The lowest BCUT2D eigenvalue weighted by Crippen LogP contribution is -1.96. The van der Waals surface area contributed by atoms with E-state index in [2.05, 4.69) is 176 Å². The molecule has 59 heavy (non-hydrogen) atoms. The van der Waals surface area contributed by atoms with E-state index in [-0.39, 0.29) is 0 Å². The first kappa shape index (κ1) is 34.7. The second-order valence-electron chi connectivity index (χ2n) is 14.8. The van der Waals surface area contributed by atoms with Crippen LogP contribution in [0.2, 0.25) is 0 Å². The molecule has 11 rings (SSSR count). The first-order valence-corrected chi connectivity index (χ1v) is 20.7. The molecule has 0 bridgehead atoms. The molecule has 0 fully saturated rings. The zero-order valence-corrected chi connectivity index (χ0v) is 32.8. The molecule has 3 heterocycles. The average Bonchev–Trinajstić information content (AvgIpc) is 3.72. The molecule has 0 saturated heterocycles. The fraction of sp³-hybridized carbons (Fsp3) is 0. The third-order valence-corrected chi connectivity index (χ3v) is 12.2. The van der Waals surface area contributed by atoms with Crippen LogP contribution in [-0.2, 0) is 0 Å². The normalized spacial score (nSPS) is 11.4. The van der Waals surface area contributed by atoms with Gasteiger partial charge in [-0.05, 0) is 69.8 Å². The van der Waals surface area contributed by atoms with Crippen LogP contribution in [0, 0.1) is 0 Å². The molecule has 3 aromatic heterocycles. The summed E-state index contributed by atoms with van der Waals surface area (Å²) in [5.41, 5.74) is 14.9. The summed E-state index contributed by atoms with van der Waals surface area (Å²) in [6, 6.07) is 74.9. The van der Waals surface area contributed by atoms with Gasteiger partial charge >= 0.3 is 0 Å². The van der Waals surface area contributed by atoms with Crippen molar-refractivity contribution in [2.45, 2.75) is 0 Å².